The van der Waals surface area contributed by atoms with Gasteiger partial charge >= 0.3 is 6.18 Å². The molecule has 12 amide bonds. The summed E-state index contributed by atoms with van der Waals surface area (Å²) in [5.41, 5.74) is -1.57. The number of rotatable bonds is 10. The SMILES string of the molecule is C#CC[C@H]1C(=O)N(C)CC(=O)N[C@@H](CCC2CCC(C(F)(F)F)C(Cl)C2)C(=O)N2CCC[C@H]2C(=O)NC2(CCCC2)C(=O)N(C)[C@@H](C(C)C)C(=O)N(C)[C@H](C(=O)N2CCCCC2)CC(=O)N(C)[C@@H](CC(C)C)C(=O)N[C@@H]([C@@H](C)CC)C(=O)N(C)[C@@H](C)C(=O)N2CC[C@H]2C(=O)N1C. The van der Waals surface area contributed by atoms with E-state index < -0.39 is 173 Å². The van der Waals surface area contributed by atoms with Crippen molar-refractivity contribution in [3.63, 3.8) is 0 Å². The van der Waals surface area contributed by atoms with E-state index in [1.165, 1.54) is 78.6 Å². The van der Waals surface area contributed by atoms with Gasteiger partial charge in [-0.2, -0.15) is 13.2 Å². The third-order valence-electron chi connectivity index (χ3n) is 21.3. The first-order valence-corrected chi connectivity index (χ1v) is 35.0. The first kappa shape index (κ1) is 78.3. The fraction of sp³-hybridized carbons (Fsp3) is 0.794. The number of piperidine rings is 1. The largest absolute Gasteiger partial charge is 0.393 e. The van der Waals surface area contributed by atoms with Crippen molar-refractivity contribution in [2.24, 2.45) is 29.6 Å². The Hall–Kier alpha value is -6.72. The minimum Gasteiger partial charge on any atom is -0.343 e. The zero-order chi connectivity index (χ0) is 71.6. The van der Waals surface area contributed by atoms with E-state index in [0.717, 1.165) is 16.2 Å². The number of likely N-dealkylation sites (tertiary alicyclic amines) is 1. The van der Waals surface area contributed by atoms with Crippen LogP contribution in [0.2, 0.25) is 0 Å². The molecule has 538 valence electrons. The van der Waals surface area contributed by atoms with E-state index in [9.17, 15) is 56.3 Å². The number of amides is 12. The second kappa shape index (κ2) is 33.7. The molecule has 1 spiro atoms. The monoisotopic (exact) mass is 1370 g/mol. The molecule has 0 aromatic heterocycles. The van der Waals surface area contributed by atoms with Crippen LogP contribution in [0.3, 0.4) is 0 Å². The van der Waals surface area contributed by atoms with Gasteiger partial charge in [-0.25, -0.2) is 0 Å². The molecule has 2 aliphatic carbocycles. The Balaban J connectivity index is 1.41. The smallest absolute Gasteiger partial charge is 0.343 e. The van der Waals surface area contributed by atoms with Crippen LogP contribution in [-0.4, -0.2) is 261 Å². The number of fused-ring (bicyclic) bond motifs is 2. The van der Waals surface area contributed by atoms with Gasteiger partial charge in [-0.15, -0.1) is 23.9 Å². The Kier molecular flexibility index (Phi) is 27.5. The van der Waals surface area contributed by atoms with Gasteiger partial charge in [0, 0.05) is 80.3 Å². The van der Waals surface area contributed by atoms with Gasteiger partial charge in [0.2, 0.25) is 70.9 Å². The predicted octanol–water partition coefficient (Wildman–Crippen LogP) is 4.14. The number of alkyl halides is 4. The molecule has 2 saturated carbocycles. The van der Waals surface area contributed by atoms with Gasteiger partial charge in [0.05, 0.1) is 18.9 Å². The van der Waals surface area contributed by atoms with Crippen molar-refractivity contribution < 1.29 is 70.7 Å². The van der Waals surface area contributed by atoms with Crippen LogP contribution in [-0.2, 0) is 57.5 Å². The van der Waals surface area contributed by atoms with Gasteiger partial charge in [0.25, 0.3) is 0 Å². The van der Waals surface area contributed by atoms with Crippen LogP contribution >= 0.6 is 11.6 Å². The highest BCUT2D eigenvalue weighted by atomic mass is 35.5. The third-order valence-corrected chi connectivity index (χ3v) is 21.8. The molecule has 4 heterocycles. The molecule has 13 atom stereocenters. The topological polar surface area (TPSA) is 270 Å². The summed E-state index contributed by atoms with van der Waals surface area (Å²) >= 11 is 6.35. The molecule has 6 rings (SSSR count). The summed E-state index contributed by atoms with van der Waals surface area (Å²) in [4.78, 5) is 189. The van der Waals surface area contributed by atoms with E-state index in [2.05, 4.69) is 21.9 Å². The Morgan fingerprint density at radius 3 is 1.86 bits per heavy atom. The molecule has 0 aromatic carbocycles. The van der Waals surface area contributed by atoms with E-state index in [-0.39, 0.29) is 95.6 Å². The Morgan fingerprint density at radius 2 is 1.30 bits per heavy atom. The highest BCUT2D eigenvalue weighted by Crippen LogP contribution is 2.44. The van der Waals surface area contributed by atoms with E-state index >= 15 is 14.4 Å². The van der Waals surface area contributed by atoms with E-state index in [0.29, 0.717) is 51.6 Å². The normalized spacial score (nSPS) is 30.5. The quantitative estimate of drug-likeness (QED) is 0.206. The summed E-state index contributed by atoms with van der Waals surface area (Å²) in [6.45, 7) is 12.5. The lowest BCUT2D eigenvalue weighted by molar-refractivity contribution is -0.182. The first-order chi connectivity index (χ1) is 45.0. The van der Waals surface area contributed by atoms with E-state index in [1.54, 1.807) is 25.7 Å². The third kappa shape index (κ3) is 18.1. The molecule has 96 heavy (non-hydrogen) atoms. The summed E-state index contributed by atoms with van der Waals surface area (Å²) in [5, 5.41) is 7.44. The number of carbonyl (C=O) groups is 12. The van der Waals surface area contributed by atoms with Crippen LogP contribution in [0.5, 0.6) is 0 Å². The van der Waals surface area contributed by atoms with Gasteiger partial charge in [-0.05, 0) is 120 Å². The number of carbonyl (C=O) groups excluding carboxylic acids is 12. The lowest BCUT2D eigenvalue weighted by Crippen LogP contribution is -2.65. The number of nitrogens with one attached hydrogen (secondary N) is 3. The van der Waals surface area contributed by atoms with Crippen molar-refractivity contribution in [2.45, 2.75) is 242 Å². The van der Waals surface area contributed by atoms with Gasteiger partial charge in [-0.3, -0.25) is 57.5 Å². The molecule has 6 fully saturated rings. The second-order valence-corrected chi connectivity index (χ2v) is 29.3. The summed E-state index contributed by atoms with van der Waals surface area (Å²) < 4.78 is 41.8. The Labute approximate surface area is 569 Å². The molecule has 6 aliphatic rings. The molecular weight excluding hydrogens is 1270 g/mol. The van der Waals surface area contributed by atoms with Crippen LogP contribution < -0.4 is 16.0 Å². The lowest BCUT2D eigenvalue weighted by atomic mass is 9.78. The average molecular weight is 1380 g/mol. The predicted molar refractivity (Wildman–Crippen MR) is 352 cm³/mol. The molecule has 0 bridgehead atoms. The minimum atomic E-state index is -4.52. The standard InChI is InChI=1S/C68H106ClF3N12O12/c1-15-23-49-61(91)76(9)39-53(85)73-47(28-26-44-25-27-45(46(69)37-44)68(70,71)72)60(90)83-34-22-24-48(83)58(88)75-67(30-18-19-31-67)66(96)81(14)56(41(5)6)65(95)80(13)52(63(93)82-32-20-17-21-33-82)38-54(86)78(11)51(36-40(3)4)57(87)74-55(42(7)16-2)64(94)77(10)43(8)59(89)84-35-29-50(84)62(92)79(49)12/h1,40-52,55-56H,16-39H2,2-14H3,(H,73,85)(H,74,87)(H,75,88)/t42-,43-,44?,45?,46?,47-,48-,49-,50-,51-,52-,55-,56-/m0/s1. The number of terminal acetylenes is 1. The molecule has 0 radical (unpaired) electrons. The molecule has 4 saturated heterocycles. The van der Waals surface area contributed by atoms with Crippen molar-refractivity contribution in [1.82, 2.24) is 60.0 Å². The highest BCUT2D eigenvalue weighted by molar-refractivity contribution is 6.21. The van der Waals surface area contributed by atoms with Crippen LogP contribution in [0.25, 0.3) is 0 Å². The first-order valence-electron chi connectivity index (χ1n) is 34.6. The number of hydrogen-bond acceptors (Lipinski definition) is 12. The van der Waals surface area contributed by atoms with Crippen LogP contribution in [0.1, 0.15) is 170 Å². The minimum absolute atomic E-state index is 0.0186. The van der Waals surface area contributed by atoms with E-state index in [4.69, 9.17) is 18.0 Å². The Bertz CT molecular complexity index is 2900. The maximum Gasteiger partial charge on any atom is 0.393 e. The zero-order valence-corrected chi connectivity index (χ0v) is 59.4. The summed E-state index contributed by atoms with van der Waals surface area (Å²) in [7, 11) is 8.32. The number of nitrogens with zero attached hydrogens (tertiary/aromatic N) is 9. The number of likely N-dealkylation sites (N-methyl/N-ethyl adjacent to an activating group) is 6. The highest BCUT2D eigenvalue weighted by Gasteiger charge is 2.52. The maximum absolute atomic E-state index is 15.4. The maximum atomic E-state index is 15.4. The second-order valence-electron chi connectivity index (χ2n) is 28.7. The van der Waals surface area contributed by atoms with Crippen molar-refractivity contribution in [3.05, 3.63) is 0 Å². The molecular formula is C68H106ClF3N12O12. The zero-order valence-electron chi connectivity index (χ0n) is 58.6. The average Bonchev–Trinajstić information content (AvgIpc) is 1.24. The van der Waals surface area contributed by atoms with E-state index in [1.807, 2.05) is 20.8 Å². The summed E-state index contributed by atoms with van der Waals surface area (Å²) in [6.07, 6.45) is 5.04. The van der Waals surface area contributed by atoms with Crippen LogP contribution in [0.15, 0.2) is 0 Å². The van der Waals surface area contributed by atoms with Crippen LogP contribution in [0.4, 0.5) is 13.2 Å². The van der Waals surface area contributed by atoms with Crippen molar-refractivity contribution >= 4 is 82.5 Å². The number of halogens is 4. The molecule has 3 N–H and O–H groups in total. The molecule has 3 unspecified atom stereocenters. The van der Waals surface area contributed by atoms with Crippen molar-refractivity contribution in [2.75, 3.05) is 75.0 Å². The van der Waals surface area contributed by atoms with Gasteiger partial charge < -0.3 is 60.0 Å². The van der Waals surface area contributed by atoms with Gasteiger partial charge in [-0.1, -0.05) is 60.8 Å². The fourth-order valence-electron chi connectivity index (χ4n) is 14.8. The summed E-state index contributed by atoms with van der Waals surface area (Å²) in [6, 6.07) is -11.3. The van der Waals surface area contributed by atoms with Gasteiger partial charge in [0.15, 0.2) is 0 Å². The molecule has 28 heteroatoms. The number of hydrogen-bond donors (Lipinski definition) is 3. The lowest BCUT2D eigenvalue weighted by Gasteiger charge is -2.45. The summed E-state index contributed by atoms with van der Waals surface area (Å²) in [5.74, 6) is -8.98. The molecule has 24 nitrogen and oxygen atoms in total. The van der Waals surface area contributed by atoms with Gasteiger partial charge in [0.1, 0.15) is 59.9 Å². The van der Waals surface area contributed by atoms with Crippen molar-refractivity contribution in [3.8, 4) is 12.3 Å². The fourth-order valence-corrected chi connectivity index (χ4v) is 15.3. The van der Waals surface area contributed by atoms with Crippen molar-refractivity contribution in [1.29, 1.82) is 0 Å². The Morgan fingerprint density at radius 1 is 0.667 bits per heavy atom. The molecule has 4 aliphatic heterocycles. The molecule has 0 aromatic rings. The van der Waals surface area contributed by atoms with Crippen LogP contribution in [0, 0.1) is 41.9 Å².